The molecular weight excluding hydrogens is 429 g/mol. The van der Waals surface area contributed by atoms with Gasteiger partial charge in [-0.1, -0.05) is 54.6 Å². The van der Waals surface area contributed by atoms with Gasteiger partial charge in [0, 0.05) is 25.1 Å². The van der Waals surface area contributed by atoms with Crippen LogP contribution in [0, 0.1) is 0 Å². The zero-order valence-corrected chi connectivity index (χ0v) is 18.3. The Kier molecular flexibility index (Phi) is 5.44. The van der Waals surface area contributed by atoms with Gasteiger partial charge in [0.15, 0.2) is 11.9 Å². The van der Waals surface area contributed by atoms with Gasteiger partial charge in [0.05, 0.1) is 23.7 Å². The molecule has 2 aliphatic heterocycles. The average molecular weight is 454 g/mol. The van der Waals surface area contributed by atoms with Crippen molar-refractivity contribution in [2.75, 3.05) is 31.1 Å². The van der Waals surface area contributed by atoms with Crippen molar-refractivity contribution in [1.82, 2.24) is 9.29 Å². The molecular formula is C24H24FN3O3S. The minimum absolute atomic E-state index is 0.00600. The number of alkyl halides is 1. The van der Waals surface area contributed by atoms with Crippen molar-refractivity contribution < 1.29 is 17.5 Å². The number of benzene rings is 2. The maximum atomic E-state index is 15.7. The second kappa shape index (κ2) is 8.27. The number of halogens is 1. The number of piperidine rings is 1. The molecule has 2 unspecified atom stereocenters. The summed E-state index contributed by atoms with van der Waals surface area (Å²) in [5.74, 6) is 0.666. The van der Waals surface area contributed by atoms with Crippen LogP contribution in [-0.2, 0) is 14.8 Å². The molecule has 2 aliphatic rings. The van der Waals surface area contributed by atoms with Crippen LogP contribution in [0.2, 0.25) is 0 Å². The zero-order chi connectivity index (χ0) is 22.2. The van der Waals surface area contributed by atoms with E-state index in [1.807, 2.05) is 53.4 Å². The third kappa shape index (κ3) is 3.58. The van der Waals surface area contributed by atoms with Gasteiger partial charge in [-0.05, 0) is 24.3 Å². The molecule has 1 aromatic heterocycles. The molecule has 1 spiro atoms. The fourth-order valence-electron chi connectivity index (χ4n) is 4.51. The predicted octanol–water partition coefficient (Wildman–Crippen LogP) is 3.71. The molecule has 0 radical (unpaired) electrons. The Morgan fingerprint density at radius 1 is 0.938 bits per heavy atom. The van der Waals surface area contributed by atoms with Gasteiger partial charge in [0.2, 0.25) is 10.0 Å². The molecule has 0 amide bonds. The normalized spacial score (nSPS) is 24.2. The minimum Gasteiger partial charge on any atom is -0.355 e. The standard InChI is InChI=1S/C24H24FN3O3S/c25-22-18-27(23-13-7-12-21(26-23)19-8-3-1-4-9-19)15-14-24(22)28(16-17-31-24)32(29,30)20-10-5-2-6-11-20/h1-13,22H,14-18H2. The number of pyridine rings is 1. The summed E-state index contributed by atoms with van der Waals surface area (Å²) >= 11 is 0. The van der Waals surface area contributed by atoms with Gasteiger partial charge in [0.1, 0.15) is 5.82 Å². The molecule has 8 heteroatoms. The summed E-state index contributed by atoms with van der Waals surface area (Å²) in [5.41, 5.74) is 0.311. The van der Waals surface area contributed by atoms with Crippen molar-refractivity contribution in [3.05, 3.63) is 78.9 Å². The van der Waals surface area contributed by atoms with Gasteiger partial charge in [-0.3, -0.25) is 0 Å². The lowest BCUT2D eigenvalue weighted by Crippen LogP contribution is -2.62. The molecule has 0 aliphatic carbocycles. The molecule has 0 N–H and O–H groups in total. The van der Waals surface area contributed by atoms with Crippen LogP contribution in [0.15, 0.2) is 83.8 Å². The number of anilines is 1. The first-order chi connectivity index (χ1) is 15.5. The maximum Gasteiger partial charge on any atom is 0.245 e. The number of hydrogen-bond acceptors (Lipinski definition) is 5. The molecule has 2 saturated heterocycles. The van der Waals surface area contributed by atoms with Crippen LogP contribution in [0.5, 0.6) is 0 Å². The number of rotatable bonds is 4. The van der Waals surface area contributed by atoms with Crippen LogP contribution in [-0.4, -0.2) is 55.8 Å². The smallest absolute Gasteiger partial charge is 0.245 e. The molecule has 166 valence electrons. The fraction of sp³-hybridized carbons (Fsp3) is 0.292. The predicted molar refractivity (Wildman–Crippen MR) is 120 cm³/mol. The van der Waals surface area contributed by atoms with Crippen LogP contribution in [0.4, 0.5) is 10.2 Å². The molecule has 2 fully saturated rings. The Morgan fingerprint density at radius 2 is 1.66 bits per heavy atom. The van der Waals surface area contributed by atoms with E-state index >= 15 is 4.39 Å². The van der Waals surface area contributed by atoms with Gasteiger partial charge >= 0.3 is 0 Å². The number of sulfonamides is 1. The molecule has 3 aromatic rings. The van der Waals surface area contributed by atoms with Crippen molar-refractivity contribution in [2.45, 2.75) is 23.2 Å². The highest BCUT2D eigenvalue weighted by molar-refractivity contribution is 7.89. The highest BCUT2D eigenvalue weighted by Crippen LogP contribution is 2.40. The van der Waals surface area contributed by atoms with Gasteiger partial charge in [-0.15, -0.1) is 0 Å². The number of ether oxygens (including phenoxy) is 1. The minimum atomic E-state index is -3.87. The molecule has 2 atom stereocenters. The molecule has 2 aromatic carbocycles. The van der Waals surface area contributed by atoms with Crippen molar-refractivity contribution in [3.63, 3.8) is 0 Å². The van der Waals surface area contributed by atoms with E-state index in [1.54, 1.807) is 18.2 Å². The summed E-state index contributed by atoms with van der Waals surface area (Å²) < 4.78 is 49.2. The zero-order valence-electron chi connectivity index (χ0n) is 17.5. The van der Waals surface area contributed by atoms with E-state index in [9.17, 15) is 8.42 Å². The van der Waals surface area contributed by atoms with E-state index in [4.69, 9.17) is 9.72 Å². The van der Waals surface area contributed by atoms with Gasteiger partial charge in [-0.2, -0.15) is 4.31 Å². The summed E-state index contributed by atoms with van der Waals surface area (Å²) in [5, 5.41) is 0. The van der Waals surface area contributed by atoms with E-state index in [0.29, 0.717) is 12.4 Å². The number of nitrogens with zero attached hydrogens (tertiary/aromatic N) is 3. The first kappa shape index (κ1) is 21.1. The van der Waals surface area contributed by atoms with E-state index in [-0.39, 0.29) is 31.0 Å². The Balaban J connectivity index is 1.40. The number of hydrogen-bond donors (Lipinski definition) is 0. The maximum absolute atomic E-state index is 15.7. The lowest BCUT2D eigenvalue weighted by atomic mass is 9.98. The molecule has 6 nitrogen and oxygen atoms in total. The molecule has 0 saturated carbocycles. The third-order valence-corrected chi connectivity index (χ3v) is 8.08. The van der Waals surface area contributed by atoms with Crippen LogP contribution in [0.1, 0.15) is 6.42 Å². The van der Waals surface area contributed by atoms with E-state index < -0.39 is 21.9 Å². The van der Waals surface area contributed by atoms with Crippen molar-refractivity contribution >= 4 is 15.8 Å². The SMILES string of the molecule is O=S(=O)(c1ccccc1)N1CCOC12CCN(c1cccc(-c3ccccc3)n1)CC2F. The Hall–Kier alpha value is -2.81. The summed E-state index contributed by atoms with van der Waals surface area (Å²) in [6.45, 7) is 0.756. The third-order valence-electron chi connectivity index (χ3n) is 6.14. The Labute approximate surface area is 187 Å². The average Bonchev–Trinajstić information content (AvgIpc) is 3.28. The van der Waals surface area contributed by atoms with Crippen molar-refractivity contribution in [1.29, 1.82) is 0 Å². The van der Waals surface area contributed by atoms with Gasteiger partial charge < -0.3 is 9.64 Å². The second-order valence-electron chi connectivity index (χ2n) is 7.99. The second-order valence-corrected chi connectivity index (χ2v) is 9.86. The topological polar surface area (TPSA) is 62.7 Å². The molecule has 0 bridgehead atoms. The van der Waals surface area contributed by atoms with Crippen LogP contribution >= 0.6 is 0 Å². The van der Waals surface area contributed by atoms with Gasteiger partial charge in [-0.25, -0.2) is 17.8 Å². The van der Waals surface area contributed by atoms with Crippen LogP contribution in [0.25, 0.3) is 11.3 Å². The van der Waals surface area contributed by atoms with Gasteiger partial charge in [0.25, 0.3) is 0 Å². The largest absolute Gasteiger partial charge is 0.355 e. The fourth-order valence-corrected chi connectivity index (χ4v) is 6.25. The first-order valence-electron chi connectivity index (χ1n) is 10.6. The number of aromatic nitrogens is 1. The van der Waals surface area contributed by atoms with Crippen LogP contribution in [0.3, 0.4) is 0 Å². The monoisotopic (exact) mass is 453 g/mol. The summed E-state index contributed by atoms with van der Waals surface area (Å²) in [7, 11) is -3.87. The quantitative estimate of drug-likeness (QED) is 0.603. The van der Waals surface area contributed by atoms with Crippen LogP contribution < -0.4 is 4.90 Å². The molecule has 3 heterocycles. The Bertz CT molecular complexity index is 1190. The Morgan fingerprint density at radius 3 is 2.38 bits per heavy atom. The highest BCUT2D eigenvalue weighted by atomic mass is 32.2. The lowest BCUT2D eigenvalue weighted by Gasteiger charge is -2.45. The van der Waals surface area contributed by atoms with E-state index in [0.717, 1.165) is 11.3 Å². The van der Waals surface area contributed by atoms with Crippen molar-refractivity contribution in [3.8, 4) is 11.3 Å². The van der Waals surface area contributed by atoms with E-state index in [1.165, 1.54) is 16.4 Å². The van der Waals surface area contributed by atoms with Crippen molar-refractivity contribution in [2.24, 2.45) is 0 Å². The van der Waals surface area contributed by atoms with E-state index in [2.05, 4.69) is 0 Å². The molecule has 5 rings (SSSR count). The first-order valence-corrected chi connectivity index (χ1v) is 12.1. The highest BCUT2D eigenvalue weighted by Gasteiger charge is 2.56. The molecule has 32 heavy (non-hydrogen) atoms. The summed E-state index contributed by atoms with van der Waals surface area (Å²) in [6, 6.07) is 23.6. The lowest BCUT2D eigenvalue weighted by molar-refractivity contribution is -0.116. The summed E-state index contributed by atoms with van der Waals surface area (Å²) in [4.78, 5) is 6.73. The summed E-state index contributed by atoms with van der Waals surface area (Å²) in [6.07, 6.45) is -1.29.